The van der Waals surface area contributed by atoms with Gasteiger partial charge in [0.1, 0.15) is 0 Å². The number of benzene rings is 2. The molecule has 0 unspecified atom stereocenters. The van der Waals surface area contributed by atoms with Crippen molar-refractivity contribution in [1.82, 2.24) is 4.57 Å². The Morgan fingerprint density at radius 2 is 1.89 bits per heavy atom. The number of rotatable bonds is 3. The third-order valence-electron chi connectivity index (χ3n) is 5.07. The van der Waals surface area contributed by atoms with E-state index in [-0.39, 0.29) is 5.92 Å². The number of alkyl halides is 3. The number of aromatic nitrogens is 1. The van der Waals surface area contributed by atoms with Gasteiger partial charge in [0.05, 0.1) is 11.5 Å². The van der Waals surface area contributed by atoms with Crippen molar-refractivity contribution in [3.8, 4) is 11.1 Å². The second-order valence-corrected chi connectivity index (χ2v) is 6.87. The first kappa shape index (κ1) is 17.5. The van der Waals surface area contributed by atoms with Crippen molar-refractivity contribution in [2.24, 2.45) is 13.0 Å². The third-order valence-corrected chi connectivity index (χ3v) is 5.07. The summed E-state index contributed by atoms with van der Waals surface area (Å²) in [5.41, 5.74) is 2.49. The normalized spacial score (nSPS) is 15.2. The SMILES string of the molecule is Cn1cc(-c2cccc(N3CC(C(=O)O)C3)c2)c2ccc(C(F)(F)F)cc21. The Morgan fingerprint density at radius 1 is 1.15 bits per heavy atom. The number of hydrogen-bond donors (Lipinski definition) is 1. The maximum Gasteiger partial charge on any atom is 0.416 e. The maximum absolute atomic E-state index is 13.0. The van der Waals surface area contributed by atoms with Crippen LogP contribution in [0.5, 0.6) is 0 Å². The smallest absolute Gasteiger partial charge is 0.416 e. The van der Waals surface area contributed by atoms with Gasteiger partial charge >= 0.3 is 12.1 Å². The summed E-state index contributed by atoms with van der Waals surface area (Å²) in [6.07, 6.45) is -2.56. The molecular weight excluding hydrogens is 357 g/mol. The summed E-state index contributed by atoms with van der Waals surface area (Å²) >= 11 is 0. The summed E-state index contributed by atoms with van der Waals surface area (Å²) in [5, 5.41) is 9.77. The van der Waals surface area contributed by atoms with E-state index in [1.807, 2.05) is 35.4 Å². The number of fused-ring (bicyclic) bond motifs is 1. The Kier molecular flexibility index (Phi) is 3.91. The highest BCUT2D eigenvalue weighted by molar-refractivity contribution is 5.97. The topological polar surface area (TPSA) is 45.5 Å². The quantitative estimate of drug-likeness (QED) is 0.740. The Hall–Kier alpha value is -2.96. The molecule has 4 nitrogen and oxygen atoms in total. The molecule has 0 amide bonds. The van der Waals surface area contributed by atoms with Crippen LogP contribution in [0.25, 0.3) is 22.0 Å². The van der Waals surface area contributed by atoms with E-state index < -0.39 is 17.7 Å². The number of aliphatic carboxylic acids is 1. The summed E-state index contributed by atoms with van der Waals surface area (Å²) in [5.74, 6) is -1.15. The van der Waals surface area contributed by atoms with Crippen LogP contribution in [0, 0.1) is 5.92 Å². The maximum atomic E-state index is 13.0. The Bertz CT molecular complexity index is 1030. The molecule has 0 aliphatic carbocycles. The van der Waals surface area contributed by atoms with Gasteiger partial charge in [0, 0.05) is 48.5 Å². The highest BCUT2D eigenvalue weighted by Crippen LogP contribution is 2.37. The van der Waals surface area contributed by atoms with Crippen LogP contribution in [-0.2, 0) is 18.0 Å². The zero-order valence-corrected chi connectivity index (χ0v) is 14.5. The number of carbonyl (C=O) groups is 1. The molecule has 140 valence electrons. The lowest BCUT2D eigenvalue weighted by Crippen LogP contribution is -2.50. The number of carboxylic acids is 1. The molecule has 1 aliphatic heterocycles. The van der Waals surface area contributed by atoms with Gasteiger partial charge in [0.25, 0.3) is 0 Å². The van der Waals surface area contributed by atoms with E-state index in [2.05, 4.69) is 0 Å². The van der Waals surface area contributed by atoms with Crippen molar-refractivity contribution in [2.45, 2.75) is 6.18 Å². The molecule has 0 spiro atoms. The van der Waals surface area contributed by atoms with Gasteiger partial charge in [-0.05, 0) is 29.8 Å². The summed E-state index contributed by atoms with van der Waals surface area (Å²) < 4.78 is 40.7. The van der Waals surface area contributed by atoms with Crippen LogP contribution in [0.4, 0.5) is 18.9 Å². The summed E-state index contributed by atoms with van der Waals surface area (Å²) in [6, 6.07) is 11.4. The highest BCUT2D eigenvalue weighted by atomic mass is 19.4. The van der Waals surface area contributed by atoms with Gasteiger partial charge in [-0.25, -0.2) is 0 Å². The zero-order valence-electron chi connectivity index (χ0n) is 14.5. The molecule has 1 N–H and O–H groups in total. The van der Waals surface area contributed by atoms with Crippen molar-refractivity contribution in [2.75, 3.05) is 18.0 Å². The van der Waals surface area contributed by atoms with Gasteiger partial charge in [-0.2, -0.15) is 13.2 Å². The van der Waals surface area contributed by atoms with Crippen LogP contribution in [0.1, 0.15) is 5.56 Å². The molecule has 1 saturated heterocycles. The van der Waals surface area contributed by atoms with Crippen molar-refractivity contribution < 1.29 is 23.1 Å². The van der Waals surface area contributed by atoms with Gasteiger partial charge in [0.2, 0.25) is 0 Å². The molecule has 7 heteroatoms. The minimum Gasteiger partial charge on any atom is -0.481 e. The summed E-state index contributed by atoms with van der Waals surface area (Å²) in [6.45, 7) is 0.923. The van der Waals surface area contributed by atoms with E-state index >= 15 is 0 Å². The van der Waals surface area contributed by atoms with Crippen molar-refractivity contribution >= 4 is 22.6 Å². The van der Waals surface area contributed by atoms with Crippen LogP contribution in [0.2, 0.25) is 0 Å². The van der Waals surface area contributed by atoms with E-state index in [4.69, 9.17) is 5.11 Å². The molecule has 1 fully saturated rings. The van der Waals surface area contributed by atoms with E-state index in [1.165, 1.54) is 6.07 Å². The number of carboxylic acid groups (broad SMARTS) is 1. The molecule has 3 aromatic rings. The lowest BCUT2D eigenvalue weighted by Gasteiger charge is -2.38. The second-order valence-electron chi connectivity index (χ2n) is 6.87. The van der Waals surface area contributed by atoms with Crippen LogP contribution in [0.15, 0.2) is 48.7 Å². The fourth-order valence-electron chi connectivity index (χ4n) is 3.51. The predicted molar refractivity (Wildman–Crippen MR) is 96.7 cm³/mol. The minimum absolute atomic E-state index is 0.355. The summed E-state index contributed by atoms with van der Waals surface area (Å²) in [7, 11) is 1.72. The molecule has 2 aromatic carbocycles. The standard InChI is InChI=1S/C20H17F3N2O2/c1-24-11-17(16-6-5-14(8-18(16)24)20(21,22)23)12-3-2-4-15(7-12)25-9-13(10-25)19(26)27/h2-8,11,13H,9-10H2,1H3,(H,26,27). The van der Waals surface area contributed by atoms with Gasteiger partial charge in [-0.3, -0.25) is 4.79 Å². The van der Waals surface area contributed by atoms with Crippen molar-refractivity contribution in [1.29, 1.82) is 0 Å². The lowest BCUT2D eigenvalue weighted by atomic mass is 9.98. The fraction of sp³-hybridized carbons (Fsp3) is 0.250. The Morgan fingerprint density at radius 3 is 2.56 bits per heavy atom. The molecule has 1 aromatic heterocycles. The molecule has 0 atom stereocenters. The first-order valence-electron chi connectivity index (χ1n) is 8.48. The van der Waals surface area contributed by atoms with E-state index in [9.17, 15) is 18.0 Å². The first-order chi connectivity index (χ1) is 12.7. The molecule has 0 bridgehead atoms. The summed E-state index contributed by atoms with van der Waals surface area (Å²) in [4.78, 5) is 13.0. The molecular formula is C20H17F3N2O2. The van der Waals surface area contributed by atoms with Crippen molar-refractivity contribution in [3.05, 3.63) is 54.2 Å². The first-order valence-corrected chi connectivity index (χ1v) is 8.48. The van der Waals surface area contributed by atoms with Gasteiger partial charge in [0.15, 0.2) is 0 Å². The Labute approximate surface area is 153 Å². The van der Waals surface area contributed by atoms with Crippen LogP contribution < -0.4 is 4.90 Å². The van der Waals surface area contributed by atoms with Gasteiger partial charge < -0.3 is 14.6 Å². The van der Waals surface area contributed by atoms with Crippen LogP contribution in [-0.4, -0.2) is 28.7 Å². The predicted octanol–water partition coefficient (Wildman–Crippen LogP) is 4.38. The van der Waals surface area contributed by atoms with E-state index in [0.717, 1.165) is 34.3 Å². The Balaban J connectivity index is 1.71. The molecule has 2 heterocycles. The number of anilines is 1. The van der Waals surface area contributed by atoms with E-state index in [1.54, 1.807) is 11.6 Å². The fourth-order valence-corrected chi connectivity index (χ4v) is 3.51. The molecule has 0 saturated carbocycles. The van der Waals surface area contributed by atoms with E-state index in [0.29, 0.717) is 18.6 Å². The largest absolute Gasteiger partial charge is 0.481 e. The highest BCUT2D eigenvalue weighted by Gasteiger charge is 2.33. The minimum atomic E-state index is -4.38. The molecule has 1 aliphatic rings. The second kappa shape index (κ2) is 6.04. The van der Waals surface area contributed by atoms with Crippen molar-refractivity contribution in [3.63, 3.8) is 0 Å². The average molecular weight is 374 g/mol. The van der Waals surface area contributed by atoms with Crippen LogP contribution >= 0.6 is 0 Å². The number of nitrogens with zero attached hydrogens (tertiary/aromatic N) is 2. The van der Waals surface area contributed by atoms with Gasteiger partial charge in [-0.1, -0.05) is 18.2 Å². The number of aryl methyl sites for hydroxylation is 1. The molecule has 4 rings (SSSR count). The monoisotopic (exact) mass is 374 g/mol. The average Bonchev–Trinajstić information content (AvgIpc) is 2.89. The molecule has 27 heavy (non-hydrogen) atoms. The number of hydrogen-bond acceptors (Lipinski definition) is 2. The van der Waals surface area contributed by atoms with Crippen LogP contribution in [0.3, 0.4) is 0 Å². The molecule has 0 radical (unpaired) electrons. The lowest BCUT2D eigenvalue weighted by molar-refractivity contribution is -0.142. The third kappa shape index (κ3) is 3.03. The zero-order chi connectivity index (χ0) is 19.3. The number of halogens is 3. The van der Waals surface area contributed by atoms with Gasteiger partial charge in [-0.15, -0.1) is 0 Å².